The van der Waals surface area contributed by atoms with Crippen LogP contribution in [-0.2, 0) is 13.1 Å². The van der Waals surface area contributed by atoms with Crippen LogP contribution in [-0.4, -0.2) is 38.0 Å². The minimum Gasteiger partial charge on any atom is -0.297 e. The number of piperidine rings is 1. The van der Waals surface area contributed by atoms with Gasteiger partial charge >= 0.3 is 0 Å². The van der Waals surface area contributed by atoms with Gasteiger partial charge in [-0.05, 0) is 45.0 Å². The Bertz CT molecular complexity index is 494. The van der Waals surface area contributed by atoms with Gasteiger partial charge in [0, 0.05) is 37.1 Å². The molecule has 0 aromatic carbocycles. The third-order valence-electron chi connectivity index (χ3n) is 3.96. The molecule has 102 valence electrons. The summed E-state index contributed by atoms with van der Waals surface area (Å²) >= 11 is 0. The summed E-state index contributed by atoms with van der Waals surface area (Å²) in [6.07, 6.45) is 6.32. The van der Waals surface area contributed by atoms with E-state index in [-0.39, 0.29) is 0 Å². The van der Waals surface area contributed by atoms with Gasteiger partial charge < -0.3 is 0 Å². The second-order valence-corrected chi connectivity index (χ2v) is 5.23. The lowest BCUT2D eigenvalue weighted by Crippen LogP contribution is -2.32. The van der Waals surface area contributed by atoms with Crippen LogP contribution in [0.1, 0.15) is 37.1 Å². The number of aromatic nitrogens is 4. The van der Waals surface area contributed by atoms with Gasteiger partial charge in [-0.3, -0.25) is 14.7 Å². The van der Waals surface area contributed by atoms with Crippen LogP contribution in [0.15, 0.2) is 24.5 Å². The maximum atomic E-state index is 4.55. The molecule has 0 saturated carbocycles. The van der Waals surface area contributed by atoms with Crippen LogP contribution in [0, 0.1) is 0 Å². The smallest absolute Gasteiger partial charge is 0.0764 e. The van der Waals surface area contributed by atoms with Crippen LogP contribution >= 0.6 is 0 Å². The minimum absolute atomic E-state index is 0.645. The topological polar surface area (TPSA) is 49.7 Å². The van der Waals surface area contributed by atoms with Crippen molar-refractivity contribution in [1.29, 1.82) is 0 Å². The highest BCUT2D eigenvalue weighted by molar-refractivity contribution is 5.07. The molecule has 2 aromatic rings. The van der Waals surface area contributed by atoms with Crippen LogP contribution in [0.4, 0.5) is 0 Å². The Hall–Kier alpha value is -1.62. The first-order valence-electron chi connectivity index (χ1n) is 7.09. The molecule has 0 unspecified atom stereocenters. The number of aromatic amines is 1. The molecule has 0 bridgehead atoms. The summed E-state index contributed by atoms with van der Waals surface area (Å²) in [7, 11) is 0. The average Bonchev–Trinajstić information content (AvgIpc) is 3.10. The van der Waals surface area contributed by atoms with Crippen molar-refractivity contribution < 1.29 is 0 Å². The lowest BCUT2D eigenvalue weighted by atomic mass is 9.94. The second kappa shape index (κ2) is 5.57. The third-order valence-corrected chi connectivity index (χ3v) is 3.96. The van der Waals surface area contributed by atoms with Gasteiger partial charge in [0.25, 0.3) is 0 Å². The number of likely N-dealkylation sites (tertiary alicyclic amines) is 1. The second-order valence-electron chi connectivity index (χ2n) is 5.23. The largest absolute Gasteiger partial charge is 0.297 e. The number of nitrogens with one attached hydrogen (secondary N) is 1. The molecule has 1 fully saturated rings. The molecule has 1 N–H and O–H groups in total. The number of hydrogen-bond donors (Lipinski definition) is 1. The highest BCUT2D eigenvalue weighted by atomic mass is 15.3. The zero-order valence-corrected chi connectivity index (χ0v) is 11.4. The molecule has 0 aliphatic carbocycles. The molecule has 0 amide bonds. The summed E-state index contributed by atoms with van der Waals surface area (Å²) in [6, 6.07) is 4.23. The van der Waals surface area contributed by atoms with Crippen molar-refractivity contribution in [3.8, 4) is 0 Å². The number of hydrogen-bond acceptors (Lipinski definition) is 3. The van der Waals surface area contributed by atoms with Crippen molar-refractivity contribution in [3.05, 3.63) is 35.9 Å². The van der Waals surface area contributed by atoms with Crippen molar-refractivity contribution in [1.82, 2.24) is 24.9 Å². The molecule has 5 heteroatoms. The van der Waals surface area contributed by atoms with Gasteiger partial charge in [0.05, 0.1) is 5.69 Å². The summed E-state index contributed by atoms with van der Waals surface area (Å²) in [5, 5.41) is 11.7. The fourth-order valence-electron chi connectivity index (χ4n) is 2.79. The summed E-state index contributed by atoms with van der Waals surface area (Å²) in [4.78, 5) is 2.50. The Morgan fingerprint density at radius 1 is 1.32 bits per heavy atom. The zero-order valence-electron chi connectivity index (χ0n) is 11.4. The van der Waals surface area contributed by atoms with Gasteiger partial charge in [-0.2, -0.15) is 10.2 Å². The van der Waals surface area contributed by atoms with Gasteiger partial charge in [-0.15, -0.1) is 0 Å². The Morgan fingerprint density at radius 2 is 2.16 bits per heavy atom. The van der Waals surface area contributed by atoms with Crippen molar-refractivity contribution in [3.63, 3.8) is 0 Å². The van der Waals surface area contributed by atoms with Crippen molar-refractivity contribution in [2.45, 2.75) is 38.8 Å². The highest BCUT2D eigenvalue weighted by Crippen LogP contribution is 2.26. The van der Waals surface area contributed by atoms with Crippen molar-refractivity contribution >= 4 is 0 Å². The van der Waals surface area contributed by atoms with Gasteiger partial charge in [0.15, 0.2) is 0 Å². The van der Waals surface area contributed by atoms with Gasteiger partial charge in [-0.1, -0.05) is 0 Å². The van der Waals surface area contributed by atoms with Crippen LogP contribution < -0.4 is 0 Å². The van der Waals surface area contributed by atoms with E-state index in [1.807, 2.05) is 10.9 Å². The normalized spacial score (nSPS) is 17.9. The molecule has 1 aliphatic heterocycles. The Balaban J connectivity index is 1.52. The predicted octanol–water partition coefficient (Wildman–Crippen LogP) is 2.01. The molecule has 0 spiro atoms. The lowest BCUT2D eigenvalue weighted by molar-refractivity contribution is 0.200. The summed E-state index contributed by atoms with van der Waals surface area (Å²) < 4.78 is 1.99. The molecular weight excluding hydrogens is 238 g/mol. The summed E-state index contributed by atoms with van der Waals surface area (Å²) in [6.45, 7) is 6.32. The number of nitrogens with zero attached hydrogens (tertiary/aromatic N) is 4. The van der Waals surface area contributed by atoms with Crippen molar-refractivity contribution in [2.24, 2.45) is 0 Å². The fraction of sp³-hybridized carbons (Fsp3) is 0.571. The summed E-state index contributed by atoms with van der Waals surface area (Å²) in [5.74, 6) is 0.645. The maximum absolute atomic E-state index is 4.55. The first-order chi connectivity index (χ1) is 9.35. The van der Waals surface area contributed by atoms with Crippen LogP contribution in [0.3, 0.4) is 0 Å². The standard InChI is InChI=1S/C14H21N5/c1-2-19-10-6-13(17-19)11-18-8-4-12(5-9-18)14-3-7-15-16-14/h3,6-7,10,12H,2,4-5,8-9,11H2,1H3,(H,15,16). The molecule has 2 aromatic heterocycles. The molecule has 0 atom stereocenters. The van der Waals surface area contributed by atoms with Gasteiger partial charge in [-0.25, -0.2) is 0 Å². The highest BCUT2D eigenvalue weighted by Gasteiger charge is 2.21. The van der Waals surface area contributed by atoms with Crippen LogP contribution in [0.5, 0.6) is 0 Å². The molecule has 3 heterocycles. The van der Waals surface area contributed by atoms with E-state index in [0.717, 1.165) is 26.2 Å². The third kappa shape index (κ3) is 2.87. The monoisotopic (exact) mass is 259 g/mol. The van der Waals surface area contributed by atoms with Crippen LogP contribution in [0.25, 0.3) is 0 Å². The molecule has 19 heavy (non-hydrogen) atoms. The first kappa shape index (κ1) is 12.4. The van der Waals surface area contributed by atoms with Crippen LogP contribution in [0.2, 0.25) is 0 Å². The van der Waals surface area contributed by atoms with E-state index in [1.54, 1.807) is 0 Å². The molecule has 1 aliphatic rings. The first-order valence-corrected chi connectivity index (χ1v) is 7.09. The Morgan fingerprint density at radius 3 is 2.79 bits per heavy atom. The molecule has 1 saturated heterocycles. The van der Waals surface area contributed by atoms with Crippen molar-refractivity contribution in [2.75, 3.05) is 13.1 Å². The maximum Gasteiger partial charge on any atom is 0.0764 e. The molecular formula is C14H21N5. The van der Waals surface area contributed by atoms with E-state index in [0.29, 0.717) is 5.92 Å². The van der Waals surface area contributed by atoms with E-state index in [1.165, 1.54) is 24.2 Å². The SMILES string of the molecule is CCn1ccc(CN2CCC(c3ccn[nH]3)CC2)n1. The lowest BCUT2D eigenvalue weighted by Gasteiger charge is -2.30. The average molecular weight is 259 g/mol. The van der Waals surface area contributed by atoms with Gasteiger partial charge in [0.1, 0.15) is 0 Å². The number of H-pyrrole nitrogens is 1. The molecule has 0 radical (unpaired) electrons. The molecule has 3 rings (SSSR count). The molecule has 5 nitrogen and oxygen atoms in total. The summed E-state index contributed by atoms with van der Waals surface area (Å²) in [5.41, 5.74) is 2.47. The Kier molecular flexibility index (Phi) is 3.64. The van der Waals surface area contributed by atoms with E-state index in [2.05, 4.69) is 45.4 Å². The van der Waals surface area contributed by atoms with E-state index < -0.39 is 0 Å². The van der Waals surface area contributed by atoms with Gasteiger partial charge in [0.2, 0.25) is 0 Å². The Labute approximate surface area is 113 Å². The quantitative estimate of drug-likeness (QED) is 0.913. The zero-order chi connectivity index (χ0) is 13.1. The predicted molar refractivity (Wildman–Crippen MR) is 73.7 cm³/mol. The van der Waals surface area contributed by atoms with E-state index in [4.69, 9.17) is 0 Å². The van der Waals surface area contributed by atoms with E-state index in [9.17, 15) is 0 Å². The number of aryl methyl sites for hydroxylation is 1. The minimum atomic E-state index is 0.645. The number of rotatable bonds is 4. The fourth-order valence-corrected chi connectivity index (χ4v) is 2.79. The van der Waals surface area contributed by atoms with E-state index >= 15 is 0 Å².